The molecule has 106 valence electrons. The van der Waals surface area contributed by atoms with Crippen LogP contribution in [0.2, 0.25) is 0 Å². The molecule has 1 aliphatic carbocycles. The Labute approximate surface area is 118 Å². The van der Waals surface area contributed by atoms with Gasteiger partial charge in [0.1, 0.15) is 0 Å². The van der Waals surface area contributed by atoms with Crippen molar-refractivity contribution in [1.82, 2.24) is 20.0 Å². The van der Waals surface area contributed by atoms with Gasteiger partial charge in [0.15, 0.2) is 5.69 Å². The van der Waals surface area contributed by atoms with Gasteiger partial charge < -0.3 is 4.90 Å². The Morgan fingerprint density at radius 1 is 1.35 bits per heavy atom. The van der Waals surface area contributed by atoms with Gasteiger partial charge in [0.05, 0.1) is 0 Å². The molecular formula is C15H20N4O. The second kappa shape index (κ2) is 4.74. The second-order valence-electron chi connectivity index (χ2n) is 6.14. The van der Waals surface area contributed by atoms with Crippen LogP contribution in [0.5, 0.6) is 0 Å². The van der Waals surface area contributed by atoms with Crippen molar-refractivity contribution in [2.45, 2.75) is 25.8 Å². The van der Waals surface area contributed by atoms with Crippen LogP contribution in [0.3, 0.4) is 0 Å². The second-order valence-corrected chi connectivity index (χ2v) is 6.14. The summed E-state index contributed by atoms with van der Waals surface area (Å²) in [4.78, 5) is 16.8. The van der Waals surface area contributed by atoms with Gasteiger partial charge in [-0.25, -0.2) is 0 Å². The van der Waals surface area contributed by atoms with Crippen molar-refractivity contribution in [1.29, 1.82) is 0 Å². The summed E-state index contributed by atoms with van der Waals surface area (Å²) < 4.78 is 0. The van der Waals surface area contributed by atoms with Crippen LogP contribution in [-0.2, 0) is 13.0 Å². The number of nitrogens with one attached hydrogen (secondary N) is 1. The van der Waals surface area contributed by atoms with Crippen LogP contribution in [0.15, 0.2) is 12.2 Å². The van der Waals surface area contributed by atoms with E-state index in [0.717, 1.165) is 36.7 Å². The summed E-state index contributed by atoms with van der Waals surface area (Å²) in [5.41, 5.74) is 2.94. The van der Waals surface area contributed by atoms with Crippen LogP contribution in [-0.4, -0.2) is 52.1 Å². The highest BCUT2D eigenvalue weighted by atomic mass is 16.2. The Balaban J connectivity index is 1.53. The Kier molecular flexibility index (Phi) is 2.88. The first-order chi connectivity index (χ1) is 9.81. The molecule has 4 rings (SSSR count). The minimum Gasteiger partial charge on any atom is -0.330 e. The number of aromatic amines is 1. The van der Waals surface area contributed by atoms with Gasteiger partial charge in [-0.2, -0.15) is 5.10 Å². The summed E-state index contributed by atoms with van der Waals surface area (Å²) in [5.74, 6) is 0.964. The maximum absolute atomic E-state index is 12.5. The summed E-state index contributed by atoms with van der Waals surface area (Å²) >= 11 is 0. The number of H-pyrrole nitrogens is 1. The van der Waals surface area contributed by atoms with Crippen molar-refractivity contribution < 1.29 is 4.79 Å². The number of carbonyl (C=O) groups excluding carboxylic acids is 1. The topological polar surface area (TPSA) is 52.2 Å². The van der Waals surface area contributed by atoms with E-state index in [-0.39, 0.29) is 5.91 Å². The van der Waals surface area contributed by atoms with Gasteiger partial charge in [0.2, 0.25) is 0 Å². The predicted molar refractivity (Wildman–Crippen MR) is 75.3 cm³/mol. The van der Waals surface area contributed by atoms with E-state index >= 15 is 0 Å². The maximum atomic E-state index is 12.5. The molecule has 0 spiro atoms. The smallest absolute Gasteiger partial charge is 0.275 e. The molecule has 5 heteroatoms. The number of hydrogen-bond acceptors (Lipinski definition) is 3. The summed E-state index contributed by atoms with van der Waals surface area (Å²) in [6.45, 7) is 4.58. The van der Waals surface area contributed by atoms with Gasteiger partial charge in [-0.15, -0.1) is 0 Å². The first-order valence-electron chi connectivity index (χ1n) is 7.54. The number of nitrogens with zero attached hydrogens (tertiary/aromatic N) is 3. The SMILES string of the molecule is O=C(c1n[nH]c2c1CN(CC1CC1)CC2)N1CC=CC1. The Morgan fingerprint density at radius 2 is 2.15 bits per heavy atom. The number of carbonyl (C=O) groups is 1. The molecule has 1 aromatic heterocycles. The fraction of sp³-hybridized carbons (Fsp3) is 0.600. The molecular weight excluding hydrogens is 252 g/mol. The molecule has 3 aliphatic rings. The largest absolute Gasteiger partial charge is 0.330 e. The first kappa shape index (κ1) is 12.1. The number of aromatic nitrogens is 2. The van der Waals surface area contributed by atoms with Crippen molar-refractivity contribution in [3.63, 3.8) is 0 Å². The van der Waals surface area contributed by atoms with E-state index in [1.165, 1.54) is 19.4 Å². The molecule has 1 saturated carbocycles. The molecule has 1 aromatic rings. The lowest BCUT2D eigenvalue weighted by Gasteiger charge is -2.27. The maximum Gasteiger partial charge on any atom is 0.275 e. The molecule has 1 amide bonds. The molecule has 0 aromatic carbocycles. The summed E-state index contributed by atoms with van der Waals surface area (Å²) in [6.07, 6.45) is 7.81. The Hall–Kier alpha value is -1.62. The highest BCUT2D eigenvalue weighted by molar-refractivity contribution is 5.94. The predicted octanol–water partition coefficient (Wildman–Crippen LogP) is 1.19. The Bertz CT molecular complexity index is 550. The lowest BCUT2D eigenvalue weighted by Crippen LogP contribution is -2.34. The zero-order valence-corrected chi connectivity index (χ0v) is 11.6. The minimum atomic E-state index is 0.0702. The van der Waals surface area contributed by atoms with E-state index in [2.05, 4.69) is 15.1 Å². The minimum absolute atomic E-state index is 0.0702. The van der Waals surface area contributed by atoms with E-state index in [1.807, 2.05) is 17.1 Å². The van der Waals surface area contributed by atoms with Gasteiger partial charge in [-0.05, 0) is 18.8 Å². The van der Waals surface area contributed by atoms with Crippen LogP contribution in [0, 0.1) is 5.92 Å². The highest BCUT2D eigenvalue weighted by Crippen LogP contribution is 2.31. The average Bonchev–Trinajstić information content (AvgIpc) is 2.96. The van der Waals surface area contributed by atoms with Crippen molar-refractivity contribution in [3.8, 4) is 0 Å². The fourth-order valence-corrected chi connectivity index (χ4v) is 3.14. The van der Waals surface area contributed by atoms with E-state index in [0.29, 0.717) is 18.8 Å². The number of hydrogen-bond donors (Lipinski definition) is 1. The normalized spacial score (nSPS) is 22.3. The molecule has 0 unspecified atom stereocenters. The van der Waals surface area contributed by atoms with Crippen molar-refractivity contribution in [2.24, 2.45) is 5.92 Å². The Morgan fingerprint density at radius 3 is 2.90 bits per heavy atom. The van der Waals surface area contributed by atoms with Crippen LogP contribution in [0.1, 0.15) is 34.6 Å². The third kappa shape index (κ3) is 2.16. The van der Waals surface area contributed by atoms with E-state index < -0.39 is 0 Å². The van der Waals surface area contributed by atoms with Gasteiger partial charge >= 0.3 is 0 Å². The monoisotopic (exact) mass is 272 g/mol. The molecule has 0 saturated heterocycles. The quantitative estimate of drug-likeness (QED) is 0.841. The molecule has 3 heterocycles. The lowest BCUT2D eigenvalue weighted by atomic mass is 10.0. The summed E-state index contributed by atoms with van der Waals surface area (Å²) in [7, 11) is 0. The molecule has 2 aliphatic heterocycles. The van der Waals surface area contributed by atoms with Crippen molar-refractivity contribution >= 4 is 5.91 Å². The van der Waals surface area contributed by atoms with Gasteiger partial charge in [0, 0.05) is 50.4 Å². The molecule has 0 radical (unpaired) electrons. The molecule has 0 bridgehead atoms. The molecule has 1 fully saturated rings. The third-order valence-corrected chi connectivity index (χ3v) is 4.53. The van der Waals surface area contributed by atoms with E-state index in [1.54, 1.807) is 0 Å². The summed E-state index contributed by atoms with van der Waals surface area (Å²) in [6, 6.07) is 0. The number of rotatable bonds is 3. The van der Waals surface area contributed by atoms with E-state index in [4.69, 9.17) is 0 Å². The standard InChI is InChI=1S/C15H20N4O/c20-15(19-6-1-2-7-19)14-12-10-18(9-11-3-4-11)8-5-13(12)16-17-14/h1-2,11H,3-10H2,(H,16,17). The lowest BCUT2D eigenvalue weighted by molar-refractivity contribution is 0.0791. The van der Waals surface area contributed by atoms with Crippen LogP contribution in [0.4, 0.5) is 0 Å². The van der Waals surface area contributed by atoms with Crippen LogP contribution >= 0.6 is 0 Å². The van der Waals surface area contributed by atoms with Gasteiger partial charge in [-0.3, -0.25) is 14.8 Å². The highest BCUT2D eigenvalue weighted by Gasteiger charge is 2.31. The number of fused-ring (bicyclic) bond motifs is 1. The first-order valence-corrected chi connectivity index (χ1v) is 7.54. The van der Waals surface area contributed by atoms with Crippen LogP contribution < -0.4 is 0 Å². The zero-order valence-electron chi connectivity index (χ0n) is 11.6. The van der Waals surface area contributed by atoms with E-state index in [9.17, 15) is 4.79 Å². The molecule has 5 nitrogen and oxygen atoms in total. The van der Waals surface area contributed by atoms with Gasteiger partial charge in [0.25, 0.3) is 5.91 Å². The third-order valence-electron chi connectivity index (χ3n) is 4.53. The van der Waals surface area contributed by atoms with Crippen molar-refractivity contribution in [3.05, 3.63) is 29.1 Å². The van der Waals surface area contributed by atoms with Crippen LogP contribution in [0.25, 0.3) is 0 Å². The molecule has 0 atom stereocenters. The molecule has 1 N–H and O–H groups in total. The fourth-order valence-electron chi connectivity index (χ4n) is 3.14. The summed E-state index contributed by atoms with van der Waals surface area (Å²) in [5, 5.41) is 7.38. The van der Waals surface area contributed by atoms with Gasteiger partial charge in [-0.1, -0.05) is 12.2 Å². The average molecular weight is 272 g/mol. The number of amides is 1. The molecule has 20 heavy (non-hydrogen) atoms. The van der Waals surface area contributed by atoms with Crippen molar-refractivity contribution in [2.75, 3.05) is 26.2 Å². The zero-order chi connectivity index (χ0) is 13.5.